The van der Waals surface area contributed by atoms with Crippen LogP contribution in [0.4, 0.5) is 4.39 Å². The molecule has 0 aliphatic carbocycles. The number of rotatable bonds is 7. The SMILES string of the molecule is CN=C(NCCCCSC)NCc1cccc(F)c1.I. The first-order valence-electron chi connectivity index (χ1n) is 6.44. The molecule has 0 saturated heterocycles. The van der Waals surface area contributed by atoms with Gasteiger partial charge in [0.2, 0.25) is 0 Å². The van der Waals surface area contributed by atoms with Crippen molar-refractivity contribution in [1.82, 2.24) is 10.6 Å². The summed E-state index contributed by atoms with van der Waals surface area (Å²) in [6, 6.07) is 6.58. The zero-order valence-electron chi connectivity index (χ0n) is 12.0. The second-order valence-electron chi connectivity index (χ2n) is 4.18. The van der Waals surface area contributed by atoms with Gasteiger partial charge in [-0.25, -0.2) is 4.39 Å². The Hall–Kier alpha value is -0.500. The monoisotopic (exact) mass is 411 g/mol. The molecule has 1 rings (SSSR count). The van der Waals surface area contributed by atoms with Crippen molar-refractivity contribution < 1.29 is 4.39 Å². The fraction of sp³-hybridized carbons (Fsp3) is 0.500. The van der Waals surface area contributed by atoms with E-state index >= 15 is 0 Å². The van der Waals surface area contributed by atoms with E-state index in [9.17, 15) is 4.39 Å². The van der Waals surface area contributed by atoms with Gasteiger partial charge in [-0.1, -0.05) is 12.1 Å². The standard InChI is InChI=1S/C14H22FN3S.HI/c1-16-14(17-8-3-4-9-19-2)18-11-12-6-5-7-13(15)10-12;/h5-7,10H,3-4,8-9,11H2,1-2H3,(H2,16,17,18);1H. The highest BCUT2D eigenvalue weighted by atomic mass is 127. The highest BCUT2D eigenvalue weighted by Crippen LogP contribution is 2.02. The maximum atomic E-state index is 13.0. The Labute approximate surface area is 142 Å². The fourth-order valence-electron chi connectivity index (χ4n) is 1.63. The number of nitrogens with one attached hydrogen (secondary N) is 2. The lowest BCUT2D eigenvalue weighted by Gasteiger charge is -2.11. The highest BCUT2D eigenvalue weighted by Gasteiger charge is 1.99. The summed E-state index contributed by atoms with van der Waals surface area (Å²) in [6.45, 7) is 1.48. The molecule has 0 aliphatic rings. The summed E-state index contributed by atoms with van der Waals surface area (Å²) >= 11 is 1.87. The topological polar surface area (TPSA) is 36.4 Å². The van der Waals surface area contributed by atoms with Gasteiger partial charge in [-0.3, -0.25) is 4.99 Å². The number of hydrogen-bond acceptors (Lipinski definition) is 2. The van der Waals surface area contributed by atoms with Gasteiger partial charge in [-0.05, 0) is 42.5 Å². The van der Waals surface area contributed by atoms with Crippen molar-refractivity contribution in [3.8, 4) is 0 Å². The van der Waals surface area contributed by atoms with Gasteiger partial charge in [0.1, 0.15) is 5.82 Å². The molecule has 1 aromatic rings. The van der Waals surface area contributed by atoms with Crippen molar-refractivity contribution in [2.45, 2.75) is 19.4 Å². The van der Waals surface area contributed by atoms with Crippen LogP contribution in [0.15, 0.2) is 29.3 Å². The second kappa shape index (κ2) is 12.3. The summed E-state index contributed by atoms with van der Waals surface area (Å²) in [6.07, 6.45) is 4.45. The lowest BCUT2D eigenvalue weighted by molar-refractivity contribution is 0.624. The predicted molar refractivity (Wildman–Crippen MR) is 97.6 cm³/mol. The maximum absolute atomic E-state index is 13.0. The van der Waals surface area contributed by atoms with Crippen molar-refractivity contribution >= 4 is 41.7 Å². The van der Waals surface area contributed by atoms with Gasteiger partial charge in [-0.15, -0.1) is 24.0 Å². The minimum absolute atomic E-state index is 0. The molecule has 0 fully saturated rings. The van der Waals surface area contributed by atoms with Crippen molar-refractivity contribution in [3.05, 3.63) is 35.6 Å². The van der Waals surface area contributed by atoms with Crippen LogP contribution in [-0.4, -0.2) is 31.6 Å². The molecule has 0 aliphatic heterocycles. The van der Waals surface area contributed by atoms with Crippen LogP contribution in [0, 0.1) is 5.82 Å². The second-order valence-corrected chi connectivity index (χ2v) is 5.17. The number of nitrogens with zero attached hydrogens (tertiary/aromatic N) is 1. The molecule has 0 amide bonds. The first kappa shape index (κ1) is 19.5. The molecular formula is C14H23FIN3S. The Morgan fingerprint density at radius 3 is 2.75 bits per heavy atom. The molecule has 0 heterocycles. The van der Waals surface area contributed by atoms with E-state index in [0.29, 0.717) is 6.54 Å². The van der Waals surface area contributed by atoms with Crippen LogP contribution >= 0.6 is 35.7 Å². The van der Waals surface area contributed by atoms with Crippen molar-refractivity contribution in [2.75, 3.05) is 25.6 Å². The molecule has 2 N–H and O–H groups in total. The first-order valence-corrected chi connectivity index (χ1v) is 7.83. The number of benzene rings is 1. The number of guanidine groups is 1. The van der Waals surface area contributed by atoms with E-state index in [1.165, 1.54) is 24.3 Å². The number of unbranched alkanes of at least 4 members (excludes halogenated alkanes) is 1. The summed E-state index contributed by atoms with van der Waals surface area (Å²) < 4.78 is 13.0. The van der Waals surface area contributed by atoms with Gasteiger partial charge in [-0.2, -0.15) is 11.8 Å². The molecule has 0 bridgehead atoms. The molecule has 3 nitrogen and oxygen atoms in total. The van der Waals surface area contributed by atoms with Gasteiger partial charge >= 0.3 is 0 Å². The van der Waals surface area contributed by atoms with Crippen LogP contribution in [0.3, 0.4) is 0 Å². The molecule has 0 radical (unpaired) electrons. The summed E-state index contributed by atoms with van der Waals surface area (Å²) in [5.74, 6) is 1.74. The Morgan fingerprint density at radius 2 is 2.10 bits per heavy atom. The maximum Gasteiger partial charge on any atom is 0.191 e. The summed E-state index contributed by atoms with van der Waals surface area (Å²) in [5, 5.41) is 6.42. The number of thioether (sulfide) groups is 1. The minimum Gasteiger partial charge on any atom is -0.356 e. The molecular weight excluding hydrogens is 388 g/mol. The van der Waals surface area contributed by atoms with Gasteiger partial charge in [0, 0.05) is 20.1 Å². The third kappa shape index (κ3) is 8.63. The van der Waals surface area contributed by atoms with E-state index < -0.39 is 0 Å². The lowest BCUT2D eigenvalue weighted by Crippen LogP contribution is -2.37. The molecule has 114 valence electrons. The average Bonchev–Trinajstić information content (AvgIpc) is 2.42. The zero-order valence-corrected chi connectivity index (χ0v) is 15.1. The third-order valence-corrected chi connectivity index (χ3v) is 3.34. The summed E-state index contributed by atoms with van der Waals surface area (Å²) in [4.78, 5) is 4.14. The Kier molecular flexibility index (Phi) is 12.0. The van der Waals surface area contributed by atoms with Crippen LogP contribution in [0.1, 0.15) is 18.4 Å². The van der Waals surface area contributed by atoms with E-state index in [1.807, 2.05) is 17.8 Å². The number of hydrogen-bond donors (Lipinski definition) is 2. The quantitative estimate of drug-likeness (QED) is 0.313. The van der Waals surface area contributed by atoms with E-state index in [-0.39, 0.29) is 29.8 Å². The fourth-order valence-corrected chi connectivity index (χ4v) is 2.12. The largest absolute Gasteiger partial charge is 0.356 e. The minimum atomic E-state index is -0.209. The Balaban J connectivity index is 0.00000361. The lowest BCUT2D eigenvalue weighted by atomic mass is 10.2. The molecule has 1 aromatic carbocycles. The third-order valence-electron chi connectivity index (χ3n) is 2.64. The van der Waals surface area contributed by atoms with Gasteiger partial charge in [0.05, 0.1) is 0 Å². The van der Waals surface area contributed by atoms with Crippen molar-refractivity contribution in [3.63, 3.8) is 0 Å². The van der Waals surface area contributed by atoms with Gasteiger partial charge in [0.15, 0.2) is 5.96 Å². The van der Waals surface area contributed by atoms with E-state index in [4.69, 9.17) is 0 Å². The molecule has 0 saturated carbocycles. The molecule has 6 heteroatoms. The van der Waals surface area contributed by atoms with E-state index in [1.54, 1.807) is 13.1 Å². The summed E-state index contributed by atoms with van der Waals surface area (Å²) in [7, 11) is 1.74. The van der Waals surface area contributed by atoms with Crippen LogP contribution in [0.25, 0.3) is 0 Å². The molecule has 20 heavy (non-hydrogen) atoms. The van der Waals surface area contributed by atoms with E-state index in [2.05, 4.69) is 21.9 Å². The van der Waals surface area contributed by atoms with Crippen LogP contribution in [0.2, 0.25) is 0 Å². The molecule has 0 unspecified atom stereocenters. The first-order chi connectivity index (χ1) is 9.26. The normalized spacial score (nSPS) is 10.8. The van der Waals surface area contributed by atoms with E-state index in [0.717, 1.165) is 24.5 Å². The van der Waals surface area contributed by atoms with Crippen LogP contribution < -0.4 is 10.6 Å². The number of halogens is 2. The predicted octanol–water partition coefficient (Wildman–Crippen LogP) is 3.25. The van der Waals surface area contributed by atoms with Crippen molar-refractivity contribution in [1.29, 1.82) is 0 Å². The molecule has 0 spiro atoms. The van der Waals surface area contributed by atoms with Gasteiger partial charge in [0.25, 0.3) is 0 Å². The van der Waals surface area contributed by atoms with Crippen LogP contribution in [-0.2, 0) is 6.54 Å². The summed E-state index contributed by atoms with van der Waals surface area (Å²) in [5.41, 5.74) is 0.908. The van der Waals surface area contributed by atoms with Crippen LogP contribution in [0.5, 0.6) is 0 Å². The Bertz CT molecular complexity index is 402. The molecule has 0 aromatic heterocycles. The highest BCUT2D eigenvalue weighted by molar-refractivity contribution is 14.0. The smallest absolute Gasteiger partial charge is 0.191 e. The molecule has 0 atom stereocenters. The average molecular weight is 411 g/mol. The number of aliphatic imine (C=N–C) groups is 1. The van der Waals surface area contributed by atoms with Gasteiger partial charge < -0.3 is 10.6 Å². The van der Waals surface area contributed by atoms with Crippen molar-refractivity contribution in [2.24, 2.45) is 4.99 Å². The Morgan fingerprint density at radius 1 is 1.30 bits per heavy atom. The zero-order chi connectivity index (χ0) is 13.9.